The van der Waals surface area contributed by atoms with Crippen LogP contribution in [0.3, 0.4) is 0 Å². The molecule has 1 aliphatic heterocycles. The average Bonchev–Trinajstić information content (AvgIpc) is 3.21. The van der Waals surface area contributed by atoms with Crippen molar-refractivity contribution in [3.05, 3.63) is 58.4 Å². The third-order valence-corrected chi connectivity index (χ3v) is 4.89. The van der Waals surface area contributed by atoms with Crippen LogP contribution in [-0.4, -0.2) is 26.1 Å². The summed E-state index contributed by atoms with van der Waals surface area (Å²) in [6.45, 7) is 4.47. The van der Waals surface area contributed by atoms with Crippen molar-refractivity contribution < 1.29 is 9.52 Å². The second kappa shape index (κ2) is 6.37. The van der Waals surface area contributed by atoms with Crippen LogP contribution in [0.15, 0.2) is 45.8 Å². The molecule has 2 aromatic heterocycles. The van der Waals surface area contributed by atoms with Gasteiger partial charge in [-0.15, -0.1) is 0 Å². The maximum absolute atomic E-state index is 11.6. The molecule has 1 saturated heterocycles. The molecular formula is C19H21N3O3. The SMILES string of the molecule is CCn1c([C@H]2CCCN2Cc2cc(=O)c(O)co2)nc2ccccc21. The number of aromatic hydroxyl groups is 1. The van der Waals surface area contributed by atoms with Gasteiger partial charge in [0.2, 0.25) is 5.43 Å². The molecule has 3 aromatic rings. The third-order valence-electron chi connectivity index (χ3n) is 4.89. The van der Waals surface area contributed by atoms with Crippen LogP contribution in [0.25, 0.3) is 11.0 Å². The number of benzene rings is 1. The normalized spacial score (nSPS) is 18.2. The summed E-state index contributed by atoms with van der Waals surface area (Å²) in [5.74, 6) is 1.28. The number of likely N-dealkylation sites (tertiary alicyclic amines) is 1. The Labute approximate surface area is 145 Å². The van der Waals surface area contributed by atoms with E-state index < -0.39 is 5.43 Å². The fraction of sp³-hybridized carbons (Fsp3) is 0.368. The van der Waals surface area contributed by atoms with Gasteiger partial charge in [0.15, 0.2) is 5.75 Å². The van der Waals surface area contributed by atoms with Crippen LogP contribution >= 0.6 is 0 Å². The molecule has 0 unspecified atom stereocenters. The van der Waals surface area contributed by atoms with E-state index in [1.165, 1.54) is 6.07 Å². The number of imidazole rings is 1. The number of rotatable bonds is 4. The van der Waals surface area contributed by atoms with E-state index in [1.807, 2.05) is 18.2 Å². The van der Waals surface area contributed by atoms with E-state index in [1.54, 1.807) is 0 Å². The Morgan fingerprint density at radius 3 is 3.00 bits per heavy atom. The first-order chi connectivity index (χ1) is 12.2. The van der Waals surface area contributed by atoms with Crippen LogP contribution in [0.4, 0.5) is 0 Å². The molecule has 0 spiro atoms. The van der Waals surface area contributed by atoms with E-state index in [9.17, 15) is 9.90 Å². The maximum atomic E-state index is 11.6. The third kappa shape index (κ3) is 2.82. The first kappa shape index (κ1) is 15.9. The lowest BCUT2D eigenvalue weighted by Gasteiger charge is -2.24. The van der Waals surface area contributed by atoms with Crippen molar-refractivity contribution >= 4 is 11.0 Å². The zero-order chi connectivity index (χ0) is 17.4. The van der Waals surface area contributed by atoms with Gasteiger partial charge in [0.1, 0.15) is 17.8 Å². The van der Waals surface area contributed by atoms with Crippen LogP contribution in [0.5, 0.6) is 5.75 Å². The molecule has 1 fully saturated rings. The second-order valence-electron chi connectivity index (χ2n) is 6.43. The molecule has 6 nitrogen and oxygen atoms in total. The highest BCUT2D eigenvalue weighted by molar-refractivity contribution is 5.76. The van der Waals surface area contributed by atoms with E-state index >= 15 is 0 Å². The summed E-state index contributed by atoms with van der Waals surface area (Å²) in [5, 5.41) is 9.35. The lowest BCUT2D eigenvalue weighted by atomic mass is 10.2. The number of para-hydroxylation sites is 2. The minimum absolute atomic E-state index is 0.200. The van der Waals surface area contributed by atoms with Gasteiger partial charge in [0, 0.05) is 12.6 Å². The zero-order valence-corrected chi connectivity index (χ0v) is 14.2. The number of hydrogen-bond acceptors (Lipinski definition) is 5. The van der Waals surface area contributed by atoms with Crippen molar-refractivity contribution in [3.63, 3.8) is 0 Å². The Hall–Kier alpha value is -2.60. The first-order valence-electron chi connectivity index (χ1n) is 8.67. The van der Waals surface area contributed by atoms with Crippen molar-refractivity contribution in [2.45, 2.75) is 38.9 Å². The number of aromatic nitrogens is 2. The summed E-state index contributed by atoms with van der Waals surface area (Å²) >= 11 is 0. The van der Waals surface area contributed by atoms with Gasteiger partial charge in [-0.1, -0.05) is 12.1 Å². The van der Waals surface area contributed by atoms with E-state index in [4.69, 9.17) is 9.40 Å². The number of hydrogen-bond donors (Lipinski definition) is 1. The highest BCUT2D eigenvalue weighted by Gasteiger charge is 2.30. The van der Waals surface area contributed by atoms with Gasteiger partial charge >= 0.3 is 0 Å². The lowest BCUT2D eigenvalue weighted by molar-refractivity contribution is 0.214. The second-order valence-corrected chi connectivity index (χ2v) is 6.43. The van der Waals surface area contributed by atoms with Gasteiger partial charge < -0.3 is 14.1 Å². The highest BCUT2D eigenvalue weighted by atomic mass is 16.4. The minimum atomic E-state index is -0.405. The van der Waals surface area contributed by atoms with E-state index in [2.05, 4.69) is 22.5 Å². The summed E-state index contributed by atoms with van der Waals surface area (Å²) < 4.78 is 7.65. The Balaban J connectivity index is 1.67. The molecule has 1 aromatic carbocycles. The van der Waals surface area contributed by atoms with Crippen LogP contribution in [0, 0.1) is 0 Å². The van der Waals surface area contributed by atoms with Crippen molar-refractivity contribution in [3.8, 4) is 5.75 Å². The minimum Gasteiger partial charge on any atom is -0.502 e. The smallest absolute Gasteiger partial charge is 0.226 e. The van der Waals surface area contributed by atoms with Gasteiger partial charge in [-0.3, -0.25) is 9.69 Å². The molecule has 25 heavy (non-hydrogen) atoms. The Kier molecular flexibility index (Phi) is 4.05. The molecule has 0 saturated carbocycles. The first-order valence-corrected chi connectivity index (χ1v) is 8.67. The highest BCUT2D eigenvalue weighted by Crippen LogP contribution is 2.34. The van der Waals surface area contributed by atoms with Gasteiger partial charge in [0.05, 0.1) is 23.6 Å². The van der Waals surface area contributed by atoms with Gasteiger partial charge in [-0.25, -0.2) is 4.98 Å². The fourth-order valence-corrected chi connectivity index (χ4v) is 3.72. The van der Waals surface area contributed by atoms with Crippen LogP contribution in [0.1, 0.15) is 37.4 Å². The quantitative estimate of drug-likeness (QED) is 0.791. The molecule has 4 rings (SSSR count). The molecule has 1 aliphatic rings. The van der Waals surface area contributed by atoms with E-state index in [0.717, 1.165) is 49.1 Å². The summed E-state index contributed by atoms with van der Waals surface area (Å²) in [7, 11) is 0. The monoisotopic (exact) mass is 339 g/mol. The molecule has 0 bridgehead atoms. The van der Waals surface area contributed by atoms with Crippen molar-refractivity contribution in [2.75, 3.05) is 6.54 Å². The van der Waals surface area contributed by atoms with Gasteiger partial charge in [-0.05, 0) is 38.4 Å². The number of nitrogens with zero attached hydrogens (tertiary/aromatic N) is 3. The summed E-state index contributed by atoms with van der Waals surface area (Å²) in [6, 6.07) is 9.77. The lowest BCUT2D eigenvalue weighted by Crippen LogP contribution is -2.25. The number of aryl methyl sites for hydroxylation is 1. The Morgan fingerprint density at radius 1 is 1.36 bits per heavy atom. The van der Waals surface area contributed by atoms with E-state index in [0.29, 0.717) is 12.3 Å². The fourth-order valence-electron chi connectivity index (χ4n) is 3.72. The summed E-state index contributed by atoms with van der Waals surface area (Å²) in [5.41, 5.74) is 1.77. The van der Waals surface area contributed by atoms with Crippen LogP contribution in [0.2, 0.25) is 0 Å². The average molecular weight is 339 g/mol. The van der Waals surface area contributed by atoms with Crippen molar-refractivity contribution in [1.29, 1.82) is 0 Å². The largest absolute Gasteiger partial charge is 0.502 e. The van der Waals surface area contributed by atoms with Gasteiger partial charge in [0.25, 0.3) is 0 Å². The van der Waals surface area contributed by atoms with Crippen molar-refractivity contribution in [1.82, 2.24) is 14.5 Å². The Morgan fingerprint density at radius 2 is 2.20 bits per heavy atom. The molecule has 1 atom stereocenters. The van der Waals surface area contributed by atoms with E-state index in [-0.39, 0.29) is 11.8 Å². The number of fused-ring (bicyclic) bond motifs is 1. The zero-order valence-electron chi connectivity index (χ0n) is 14.2. The molecule has 1 N–H and O–H groups in total. The predicted octanol–water partition coefficient (Wildman–Crippen LogP) is 3.05. The van der Waals surface area contributed by atoms with Crippen molar-refractivity contribution in [2.24, 2.45) is 0 Å². The Bertz CT molecular complexity index is 960. The maximum Gasteiger partial charge on any atom is 0.226 e. The van der Waals surface area contributed by atoms with Crippen LogP contribution < -0.4 is 5.43 Å². The molecule has 0 aliphatic carbocycles. The molecule has 0 amide bonds. The van der Waals surface area contributed by atoms with Gasteiger partial charge in [-0.2, -0.15) is 0 Å². The van der Waals surface area contributed by atoms with Crippen LogP contribution in [-0.2, 0) is 13.1 Å². The summed E-state index contributed by atoms with van der Waals surface area (Å²) in [4.78, 5) is 18.8. The topological polar surface area (TPSA) is 71.5 Å². The predicted molar refractivity (Wildman–Crippen MR) is 94.4 cm³/mol. The molecule has 3 heterocycles. The molecule has 6 heteroatoms. The molecular weight excluding hydrogens is 318 g/mol. The molecule has 0 radical (unpaired) electrons. The standard InChI is InChI=1S/C19H21N3O3/c1-2-22-15-7-4-3-6-14(15)20-19(22)16-8-5-9-21(16)11-13-10-17(23)18(24)12-25-13/h3-4,6-7,10,12,16,24H,2,5,8-9,11H2,1H3/t16-/m1/s1. The molecule has 130 valence electrons. The summed E-state index contributed by atoms with van der Waals surface area (Å²) in [6.07, 6.45) is 3.23.